The maximum atomic E-state index is 13.4. The molecule has 1 aromatic heterocycles. The van der Waals surface area contributed by atoms with Crippen molar-refractivity contribution >= 4 is 50.7 Å². The van der Waals surface area contributed by atoms with E-state index in [0.29, 0.717) is 10.8 Å². The molecule has 0 radical (unpaired) electrons. The number of sulfonamides is 1. The minimum absolute atomic E-state index is 0.0819. The normalized spacial score (nSPS) is 22.4. The van der Waals surface area contributed by atoms with Gasteiger partial charge >= 0.3 is 5.97 Å². The van der Waals surface area contributed by atoms with Gasteiger partial charge in [-0.2, -0.15) is 16.5 Å². The smallest absolute Gasteiger partial charge is 0.325 e. The zero-order chi connectivity index (χ0) is 23.9. The fourth-order valence-corrected chi connectivity index (χ4v) is 8.05. The molecule has 2 N–H and O–H groups in total. The number of aliphatic carboxylic acids is 1. The molecule has 0 saturated heterocycles. The highest BCUT2D eigenvalue weighted by molar-refractivity contribution is 7.99. The average Bonchev–Trinajstić information content (AvgIpc) is 3.15. The summed E-state index contributed by atoms with van der Waals surface area (Å²) in [5.74, 6) is -0.655. The number of thioether (sulfide) groups is 1. The first kappa shape index (κ1) is 24.3. The van der Waals surface area contributed by atoms with Crippen molar-refractivity contribution in [2.24, 2.45) is 0 Å². The maximum Gasteiger partial charge on any atom is 0.325 e. The molecule has 2 atom stereocenters. The van der Waals surface area contributed by atoms with E-state index in [9.17, 15) is 18.3 Å². The van der Waals surface area contributed by atoms with Gasteiger partial charge in [0.2, 0.25) is 0 Å². The van der Waals surface area contributed by atoms with Crippen molar-refractivity contribution in [3.8, 4) is 10.4 Å². The van der Waals surface area contributed by atoms with Gasteiger partial charge in [0.25, 0.3) is 10.0 Å². The molecule has 5 nitrogen and oxygen atoms in total. The third-order valence-corrected chi connectivity index (χ3v) is 10.6. The molecule has 1 fully saturated rings. The molecule has 2 aromatic carbocycles. The van der Waals surface area contributed by atoms with E-state index in [1.807, 2.05) is 56.3 Å². The van der Waals surface area contributed by atoms with Crippen LogP contribution in [0.4, 0.5) is 0 Å². The minimum Gasteiger partial charge on any atom is -0.480 e. The molecule has 174 valence electrons. The molecule has 1 aliphatic carbocycles. The molecular formula is C24H24ClNO4S3. The molecule has 1 saturated carbocycles. The van der Waals surface area contributed by atoms with Crippen molar-refractivity contribution in [1.82, 2.24) is 4.72 Å². The number of hydrogen-bond acceptors (Lipinski definition) is 5. The Balaban J connectivity index is 1.68. The van der Waals surface area contributed by atoms with Crippen molar-refractivity contribution in [1.29, 1.82) is 0 Å². The van der Waals surface area contributed by atoms with Crippen LogP contribution >= 0.6 is 34.7 Å². The number of thiophene rings is 1. The molecule has 1 aliphatic rings. The molecule has 1 heterocycles. The lowest BCUT2D eigenvalue weighted by atomic mass is 9.92. The number of halogens is 1. The topological polar surface area (TPSA) is 83.5 Å². The number of carboxylic acids is 1. The van der Waals surface area contributed by atoms with E-state index in [1.165, 1.54) is 6.07 Å². The molecule has 0 spiro atoms. The van der Waals surface area contributed by atoms with Gasteiger partial charge in [-0.25, -0.2) is 8.42 Å². The van der Waals surface area contributed by atoms with Gasteiger partial charge in [0.15, 0.2) is 0 Å². The van der Waals surface area contributed by atoms with Crippen molar-refractivity contribution in [3.63, 3.8) is 0 Å². The highest BCUT2D eigenvalue weighted by Gasteiger charge is 2.74. The third-order valence-electron chi connectivity index (χ3n) is 5.90. The molecule has 0 amide bonds. The summed E-state index contributed by atoms with van der Waals surface area (Å²) in [6.45, 7) is 4.09. The number of rotatable bonds is 9. The van der Waals surface area contributed by atoms with Gasteiger partial charge < -0.3 is 5.11 Å². The van der Waals surface area contributed by atoms with Gasteiger partial charge in [-0.3, -0.25) is 4.79 Å². The van der Waals surface area contributed by atoms with Crippen LogP contribution in [0.5, 0.6) is 0 Å². The number of carbonyl (C=O) groups is 1. The van der Waals surface area contributed by atoms with Gasteiger partial charge in [0.1, 0.15) is 9.75 Å². The second-order valence-corrected chi connectivity index (χ2v) is 13.4. The fraction of sp³-hybridized carbons (Fsp3) is 0.292. The van der Waals surface area contributed by atoms with Gasteiger partial charge in [-0.1, -0.05) is 67.9 Å². The lowest BCUT2D eigenvalue weighted by Gasteiger charge is -2.25. The highest BCUT2D eigenvalue weighted by Crippen LogP contribution is 2.60. The standard InChI is InChI=1S/C24H24ClNO4S3/c1-16(2)31-15-23(18-6-4-3-5-7-18)14-24(23,22(27)28)26-33(29,30)21-13-12-20(32-21)17-8-10-19(25)11-9-17/h3-13,16,26H,14-15H2,1-2H3,(H,27,28)/t23-,24+/m1/s1. The second kappa shape index (κ2) is 9.07. The van der Waals surface area contributed by atoms with E-state index in [1.54, 1.807) is 30.0 Å². The molecule has 0 aliphatic heterocycles. The van der Waals surface area contributed by atoms with E-state index in [2.05, 4.69) is 4.72 Å². The summed E-state index contributed by atoms with van der Waals surface area (Å²) in [5.41, 5.74) is -0.744. The zero-order valence-electron chi connectivity index (χ0n) is 18.1. The van der Waals surface area contributed by atoms with Crippen LogP contribution in [0.2, 0.25) is 5.02 Å². The summed E-state index contributed by atoms with van der Waals surface area (Å²) in [6.07, 6.45) is 0.202. The molecule has 0 bridgehead atoms. The Labute approximate surface area is 207 Å². The van der Waals surface area contributed by atoms with Crippen LogP contribution in [0, 0.1) is 0 Å². The van der Waals surface area contributed by atoms with E-state index >= 15 is 0 Å². The summed E-state index contributed by atoms with van der Waals surface area (Å²) in [4.78, 5) is 13.3. The molecule has 33 heavy (non-hydrogen) atoms. The van der Waals surface area contributed by atoms with Crippen molar-refractivity contribution in [3.05, 3.63) is 77.3 Å². The quantitative estimate of drug-likeness (QED) is 0.380. The van der Waals surface area contributed by atoms with Crippen LogP contribution in [0.25, 0.3) is 10.4 Å². The second-order valence-electron chi connectivity index (χ2n) is 8.43. The first-order valence-electron chi connectivity index (χ1n) is 10.4. The van der Waals surface area contributed by atoms with Crippen molar-refractivity contribution in [2.75, 3.05) is 5.75 Å². The lowest BCUT2D eigenvalue weighted by molar-refractivity contribution is -0.140. The Hall–Kier alpha value is -1.84. The number of hydrogen-bond donors (Lipinski definition) is 2. The van der Waals surface area contributed by atoms with Crippen LogP contribution < -0.4 is 4.72 Å². The molecule has 4 rings (SSSR count). The molecule has 3 aromatic rings. The Morgan fingerprint density at radius 1 is 1.12 bits per heavy atom. The predicted octanol–water partition coefficient (Wildman–Crippen LogP) is 5.65. The van der Waals surface area contributed by atoms with E-state index in [4.69, 9.17) is 11.6 Å². The predicted molar refractivity (Wildman–Crippen MR) is 136 cm³/mol. The summed E-state index contributed by atoms with van der Waals surface area (Å²) in [5, 5.41) is 11.1. The Kier molecular flexibility index (Phi) is 6.68. The average molecular weight is 522 g/mol. The fourth-order valence-electron chi connectivity index (χ4n) is 4.05. The molecule has 9 heteroatoms. The zero-order valence-corrected chi connectivity index (χ0v) is 21.3. The first-order chi connectivity index (χ1) is 15.6. The van der Waals surface area contributed by atoms with E-state index < -0.39 is 26.9 Å². The van der Waals surface area contributed by atoms with Gasteiger partial charge in [0.05, 0.1) is 0 Å². The lowest BCUT2D eigenvalue weighted by Crippen LogP contribution is -2.49. The highest BCUT2D eigenvalue weighted by atomic mass is 35.5. The van der Waals surface area contributed by atoms with E-state index in [-0.39, 0.29) is 15.9 Å². The minimum atomic E-state index is -4.06. The summed E-state index contributed by atoms with van der Waals surface area (Å²) < 4.78 is 29.4. The third kappa shape index (κ3) is 4.59. The van der Waals surface area contributed by atoms with Gasteiger partial charge in [-0.05, 0) is 47.1 Å². The summed E-state index contributed by atoms with van der Waals surface area (Å²) >= 11 is 8.68. The summed E-state index contributed by atoms with van der Waals surface area (Å²) in [7, 11) is -4.06. The van der Waals surface area contributed by atoms with Gasteiger partial charge in [-0.15, -0.1) is 11.3 Å². The van der Waals surface area contributed by atoms with Crippen LogP contribution in [0.15, 0.2) is 70.9 Å². The Bertz CT molecular complexity index is 1260. The number of benzene rings is 2. The maximum absolute atomic E-state index is 13.4. The van der Waals surface area contributed by atoms with E-state index in [0.717, 1.165) is 27.3 Å². The van der Waals surface area contributed by atoms with Crippen LogP contribution in [-0.2, 0) is 20.2 Å². The van der Waals surface area contributed by atoms with Crippen LogP contribution in [-0.4, -0.2) is 36.0 Å². The Morgan fingerprint density at radius 3 is 2.39 bits per heavy atom. The molecule has 0 unspecified atom stereocenters. The first-order valence-corrected chi connectivity index (χ1v) is 14.1. The van der Waals surface area contributed by atoms with Crippen LogP contribution in [0.1, 0.15) is 25.8 Å². The Morgan fingerprint density at radius 2 is 1.79 bits per heavy atom. The summed E-state index contributed by atoms with van der Waals surface area (Å²) in [6, 6.07) is 19.7. The van der Waals surface area contributed by atoms with Crippen molar-refractivity contribution < 1.29 is 18.3 Å². The number of carboxylic acid groups (broad SMARTS) is 1. The van der Waals surface area contributed by atoms with Gasteiger partial charge in [0, 0.05) is 21.1 Å². The van der Waals surface area contributed by atoms with Crippen LogP contribution in [0.3, 0.4) is 0 Å². The number of nitrogens with one attached hydrogen (secondary N) is 1. The monoisotopic (exact) mass is 521 g/mol. The molecular weight excluding hydrogens is 498 g/mol. The van der Waals surface area contributed by atoms with Crippen molar-refractivity contribution in [2.45, 2.75) is 40.7 Å². The largest absolute Gasteiger partial charge is 0.480 e. The SMILES string of the molecule is CC(C)SC[C@@]1(c2ccccc2)C[C@]1(NS(=O)(=O)c1ccc(-c2ccc(Cl)cc2)s1)C(=O)O.